The van der Waals surface area contributed by atoms with Crippen LogP contribution in [0.2, 0.25) is 0 Å². The van der Waals surface area contributed by atoms with Crippen molar-refractivity contribution in [2.24, 2.45) is 0 Å². The smallest absolute Gasteiger partial charge is 0.272 e. The van der Waals surface area contributed by atoms with Gasteiger partial charge in [0.2, 0.25) is 5.91 Å². The Labute approximate surface area is 143 Å². The van der Waals surface area contributed by atoms with Gasteiger partial charge in [-0.15, -0.1) is 0 Å². The fourth-order valence-corrected chi connectivity index (χ4v) is 2.43. The number of aromatic nitrogens is 2. The summed E-state index contributed by atoms with van der Waals surface area (Å²) in [6, 6.07) is 13.2. The lowest BCUT2D eigenvalue weighted by Gasteiger charge is -2.17. The fourth-order valence-electron chi connectivity index (χ4n) is 2.43. The number of nitrogens with zero attached hydrogens (tertiary/aromatic N) is 3. The lowest BCUT2D eigenvalue weighted by molar-refractivity contribution is -0.129. The van der Waals surface area contributed by atoms with Crippen LogP contribution in [0.4, 0.5) is 4.39 Å². The average molecular weight is 340 g/mol. The number of likely N-dealkylation sites (N-methyl/N-ethyl adjacent to an activating group) is 1. The summed E-state index contributed by atoms with van der Waals surface area (Å²) in [5.41, 5.74) is 1.72. The first kappa shape index (κ1) is 16.6. The van der Waals surface area contributed by atoms with Crippen molar-refractivity contribution in [2.45, 2.75) is 6.54 Å². The Bertz CT molecular complexity index is 889. The van der Waals surface area contributed by atoms with Crippen molar-refractivity contribution in [1.29, 1.82) is 0 Å². The molecule has 1 N–H and O–H groups in total. The molecule has 0 saturated carbocycles. The predicted molar refractivity (Wildman–Crippen MR) is 90.4 cm³/mol. The van der Waals surface area contributed by atoms with Crippen LogP contribution in [0, 0.1) is 5.82 Å². The highest BCUT2D eigenvalue weighted by Crippen LogP contribution is 2.07. The Morgan fingerprint density at radius 3 is 2.80 bits per heavy atom. The zero-order valence-electron chi connectivity index (χ0n) is 13.6. The number of carbonyl (C=O) groups is 2. The molecular formula is C18H17FN4O2. The van der Waals surface area contributed by atoms with Crippen molar-refractivity contribution in [3.05, 3.63) is 71.8 Å². The van der Waals surface area contributed by atoms with Crippen LogP contribution in [0.1, 0.15) is 16.1 Å². The number of fused-ring (bicyclic) bond motifs is 1. The molecule has 0 atom stereocenters. The van der Waals surface area contributed by atoms with E-state index >= 15 is 0 Å². The third kappa shape index (κ3) is 4.00. The third-order valence-corrected chi connectivity index (χ3v) is 3.74. The van der Waals surface area contributed by atoms with Gasteiger partial charge in [-0.1, -0.05) is 18.2 Å². The van der Waals surface area contributed by atoms with Crippen molar-refractivity contribution in [3.8, 4) is 0 Å². The van der Waals surface area contributed by atoms with Crippen molar-refractivity contribution >= 4 is 17.3 Å². The molecule has 2 heterocycles. The van der Waals surface area contributed by atoms with Crippen molar-refractivity contribution in [1.82, 2.24) is 19.8 Å². The zero-order chi connectivity index (χ0) is 17.8. The molecule has 3 aromatic rings. The van der Waals surface area contributed by atoms with Crippen molar-refractivity contribution in [3.63, 3.8) is 0 Å². The summed E-state index contributed by atoms with van der Waals surface area (Å²) in [5, 5.41) is 6.71. The van der Waals surface area contributed by atoms with Crippen LogP contribution in [-0.2, 0) is 11.3 Å². The van der Waals surface area contributed by atoms with Gasteiger partial charge in [-0.2, -0.15) is 5.10 Å². The number of nitrogens with one attached hydrogen (secondary N) is 1. The number of carbonyl (C=O) groups excluding carboxylic acids is 2. The number of benzene rings is 1. The predicted octanol–water partition coefficient (Wildman–Crippen LogP) is 1.86. The molecule has 0 bridgehead atoms. The molecule has 25 heavy (non-hydrogen) atoms. The van der Waals surface area contributed by atoms with Crippen LogP contribution in [0.5, 0.6) is 0 Å². The van der Waals surface area contributed by atoms with Crippen LogP contribution >= 0.6 is 0 Å². The molecule has 2 amide bonds. The summed E-state index contributed by atoms with van der Waals surface area (Å²) in [6.07, 6.45) is 1.74. The van der Waals surface area contributed by atoms with E-state index in [2.05, 4.69) is 10.4 Å². The summed E-state index contributed by atoms with van der Waals surface area (Å²) in [4.78, 5) is 25.7. The minimum Gasteiger partial charge on any atom is -0.342 e. The van der Waals surface area contributed by atoms with Gasteiger partial charge in [-0.25, -0.2) is 8.91 Å². The first-order valence-electron chi connectivity index (χ1n) is 7.74. The molecule has 0 radical (unpaired) electrons. The Morgan fingerprint density at radius 1 is 1.20 bits per heavy atom. The molecule has 0 aliphatic rings. The summed E-state index contributed by atoms with van der Waals surface area (Å²) in [7, 11) is 1.60. The Balaban J connectivity index is 1.56. The number of rotatable bonds is 5. The maximum Gasteiger partial charge on any atom is 0.272 e. The van der Waals surface area contributed by atoms with Gasteiger partial charge in [0.05, 0.1) is 12.1 Å². The maximum absolute atomic E-state index is 13.2. The monoisotopic (exact) mass is 340 g/mol. The highest BCUT2D eigenvalue weighted by Gasteiger charge is 2.14. The van der Waals surface area contributed by atoms with Crippen LogP contribution in [0.15, 0.2) is 54.7 Å². The van der Waals surface area contributed by atoms with Crippen LogP contribution < -0.4 is 5.32 Å². The molecule has 128 valence electrons. The van der Waals surface area contributed by atoms with E-state index in [0.717, 1.165) is 5.52 Å². The van der Waals surface area contributed by atoms with Gasteiger partial charge >= 0.3 is 0 Å². The lowest BCUT2D eigenvalue weighted by atomic mass is 10.2. The van der Waals surface area contributed by atoms with Gasteiger partial charge in [0.1, 0.15) is 5.82 Å². The van der Waals surface area contributed by atoms with E-state index in [9.17, 15) is 14.0 Å². The van der Waals surface area contributed by atoms with E-state index < -0.39 is 5.91 Å². The highest BCUT2D eigenvalue weighted by molar-refractivity contribution is 5.95. The molecule has 0 saturated heterocycles. The second-order valence-electron chi connectivity index (χ2n) is 5.66. The number of pyridine rings is 1. The highest BCUT2D eigenvalue weighted by atomic mass is 19.1. The second kappa shape index (κ2) is 7.12. The number of hydrogen-bond acceptors (Lipinski definition) is 3. The SMILES string of the molecule is CN(Cc1cccc(F)c1)C(=O)CNC(=O)c1cc2ccccn2n1. The van der Waals surface area contributed by atoms with Gasteiger partial charge in [0, 0.05) is 19.8 Å². The Kier molecular flexibility index (Phi) is 4.74. The summed E-state index contributed by atoms with van der Waals surface area (Å²) in [5.74, 6) is -1.05. The van der Waals surface area contributed by atoms with E-state index in [-0.39, 0.29) is 30.5 Å². The van der Waals surface area contributed by atoms with E-state index in [1.54, 1.807) is 36.0 Å². The van der Waals surface area contributed by atoms with Gasteiger partial charge in [-0.3, -0.25) is 9.59 Å². The van der Waals surface area contributed by atoms with Gasteiger partial charge in [-0.05, 0) is 35.9 Å². The molecule has 0 unspecified atom stereocenters. The van der Waals surface area contributed by atoms with Crippen LogP contribution in [0.25, 0.3) is 5.52 Å². The minimum absolute atomic E-state index is 0.154. The standard InChI is InChI=1S/C18H17FN4O2/c1-22(12-13-5-4-6-14(19)9-13)17(24)11-20-18(25)16-10-15-7-2-3-8-23(15)21-16/h2-10H,11-12H2,1H3,(H,20,25). The molecule has 0 aliphatic heterocycles. The maximum atomic E-state index is 13.2. The summed E-state index contributed by atoms with van der Waals surface area (Å²) in [6.45, 7) is 0.110. The molecule has 0 fully saturated rings. The normalized spacial score (nSPS) is 10.6. The third-order valence-electron chi connectivity index (χ3n) is 3.74. The topological polar surface area (TPSA) is 66.7 Å². The molecule has 1 aromatic carbocycles. The summed E-state index contributed by atoms with van der Waals surface area (Å²) < 4.78 is 14.8. The largest absolute Gasteiger partial charge is 0.342 e. The zero-order valence-corrected chi connectivity index (χ0v) is 13.6. The number of hydrogen-bond donors (Lipinski definition) is 1. The van der Waals surface area contributed by atoms with E-state index in [1.165, 1.54) is 17.0 Å². The molecule has 3 rings (SSSR count). The molecule has 0 spiro atoms. The molecule has 6 nitrogen and oxygen atoms in total. The van der Waals surface area contributed by atoms with E-state index in [1.807, 2.05) is 18.2 Å². The number of amides is 2. The number of halogens is 1. The van der Waals surface area contributed by atoms with Gasteiger partial charge in [0.25, 0.3) is 5.91 Å². The average Bonchev–Trinajstić information content (AvgIpc) is 3.03. The second-order valence-corrected chi connectivity index (χ2v) is 5.66. The summed E-state index contributed by atoms with van der Waals surface area (Å²) >= 11 is 0. The Hall–Kier alpha value is -3.22. The molecular weight excluding hydrogens is 323 g/mol. The van der Waals surface area contributed by atoms with Crippen molar-refractivity contribution in [2.75, 3.05) is 13.6 Å². The van der Waals surface area contributed by atoms with E-state index in [4.69, 9.17) is 0 Å². The molecule has 2 aromatic heterocycles. The Morgan fingerprint density at radius 2 is 2.04 bits per heavy atom. The first-order chi connectivity index (χ1) is 12.0. The van der Waals surface area contributed by atoms with Crippen LogP contribution in [-0.4, -0.2) is 39.9 Å². The van der Waals surface area contributed by atoms with Gasteiger partial charge in [0.15, 0.2) is 5.69 Å². The minimum atomic E-state index is -0.420. The molecule has 7 heteroatoms. The fraction of sp³-hybridized carbons (Fsp3) is 0.167. The lowest BCUT2D eigenvalue weighted by Crippen LogP contribution is -2.38. The first-order valence-corrected chi connectivity index (χ1v) is 7.74. The van der Waals surface area contributed by atoms with Crippen LogP contribution in [0.3, 0.4) is 0 Å². The van der Waals surface area contributed by atoms with E-state index in [0.29, 0.717) is 5.56 Å². The quantitative estimate of drug-likeness (QED) is 0.771. The van der Waals surface area contributed by atoms with Crippen molar-refractivity contribution < 1.29 is 14.0 Å². The molecule has 0 aliphatic carbocycles. The van der Waals surface area contributed by atoms with Gasteiger partial charge < -0.3 is 10.2 Å².